The zero-order chi connectivity index (χ0) is 14.5. The minimum absolute atomic E-state index is 0.113. The number of ether oxygens (including phenoxy) is 1. The van der Waals surface area contributed by atoms with E-state index in [1.807, 2.05) is 31.2 Å². The van der Waals surface area contributed by atoms with Crippen molar-refractivity contribution in [2.75, 3.05) is 7.11 Å². The summed E-state index contributed by atoms with van der Waals surface area (Å²) in [5.74, 6) is 1.81. The number of methoxy groups -OCH3 is 1. The van der Waals surface area contributed by atoms with Gasteiger partial charge in [-0.2, -0.15) is 0 Å². The van der Waals surface area contributed by atoms with Crippen LogP contribution in [0.15, 0.2) is 47.4 Å². The molecule has 0 fully saturated rings. The number of rotatable bonds is 5. The Balaban J connectivity index is 2.13. The number of hydrogen-bond acceptors (Lipinski definition) is 3. The van der Waals surface area contributed by atoms with E-state index in [4.69, 9.17) is 4.74 Å². The predicted octanol–water partition coefficient (Wildman–Crippen LogP) is 4.50. The molecule has 20 heavy (non-hydrogen) atoms. The third-order valence-corrected chi connectivity index (χ3v) is 4.20. The highest BCUT2D eigenvalue weighted by atomic mass is 32.2. The van der Waals surface area contributed by atoms with Crippen LogP contribution in [0.2, 0.25) is 0 Å². The molecular formula is C17H18O2S. The number of carbonyl (C=O) groups is 1. The molecule has 104 valence electrons. The van der Waals surface area contributed by atoms with Gasteiger partial charge in [-0.1, -0.05) is 24.3 Å². The Labute approximate surface area is 124 Å². The molecule has 2 nitrogen and oxygen atoms in total. The van der Waals surface area contributed by atoms with Crippen LogP contribution in [0.5, 0.6) is 5.75 Å². The molecule has 0 unspecified atom stereocenters. The maximum atomic E-state index is 11.6. The molecule has 0 aromatic heterocycles. The summed E-state index contributed by atoms with van der Waals surface area (Å²) in [7, 11) is 1.66. The number of benzene rings is 2. The summed E-state index contributed by atoms with van der Waals surface area (Å²) < 4.78 is 5.15. The molecule has 2 rings (SSSR count). The molecule has 0 saturated carbocycles. The van der Waals surface area contributed by atoms with Crippen molar-refractivity contribution in [1.29, 1.82) is 0 Å². The first kappa shape index (κ1) is 14.7. The molecular weight excluding hydrogens is 268 g/mol. The van der Waals surface area contributed by atoms with E-state index in [9.17, 15) is 4.79 Å². The van der Waals surface area contributed by atoms with E-state index >= 15 is 0 Å². The molecule has 0 aliphatic rings. The van der Waals surface area contributed by atoms with E-state index in [0.29, 0.717) is 0 Å². The Morgan fingerprint density at radius 2 is 1.85 bits per heavy atom. The van der Waals surface area contributed by atoms with Crippen LogP contribution in [0, 0.1) is 6.92 Å². The van der Waals surface area contributed by atoms with Gasteiger partial charge in [0.1, 0.15) is 5.75 Å². The largest absolute Gasteiger partial charge is 0.497 e. The maximum Gasteiger partial charge on any atom is 0.160 e. The van der Waals surface area contributed by atoms with E-state index in [2.05, 4.69) is 18.2 Å². The fourth-order valence-electron chi connectivity index (χ4n) is 1.92. The van der Waals surface area contributed by atoms with Gasteiger partial charge in [0.25, 0.3) is 0 Å². The Hall–Kier alpha value is -1.74. The van der Waals surface area contributed by atoms with Crippen LogP contribution < -0.4 is 4.74 Å². The highest BCUT2D eigenvalue weighted by molar-refractivity contribution is 7.98. The van der Waals surface area contributed by atoms with Crippen LogP contribution in [-0.4, -0.2) is 12.9 Å². The second kappa shape index (κ2) is 6.62. The molecule has 0 atom stereocenters. The van der Waals surface area contributed by atoms with Gasteiger partial charge in [0.15, 0.2) is 5.78 Å². The van der Waals surface area contributed by atoms with Gasteiger partial charge >= 0.3 is 0 Å². The van der Waals surface area contributed by atoms with Crippen molar-refractivity contribution >= 4 is 17.5 Å². The minimum Gasteiger partial charge on any atom is -0.497 e. The van der Waals surface area contributed by atoms with Gasteiger partial charge in [-0.3, -0.25) is 4.79 Å². The highest BCUT2D eigenvalue weighted by Gasteiger charge is 2.08. The molecule has 0 heterocycles. The lowest BCUT2D eigenvalue weighted by atomic mass is 10.1. The Bertz CT molecular complexity index is 603. The zero-order valence-electron chi connectivity index (χ0n) is 12.0. The summed E-state index contributed by atoms with van der Waals surface area (Å²) in [6.45, 7) is 3.66. The molecule has 3 heteroatoms. The lowest BCUT2D eigenvalue weighted by Gasteiger charge is -2.08. The van der Waals surface area contributed by atoms with E-state index in [-0.39, 0.29) is 5.78 Å². The third-order valence-electron chi connectivity index (χ3n) is 3.07. The van der Waals surface area contributed by atoms with E-state index in [0.717, 1.165) is 22.0 Å². The third kappa shape index (κ3) is 3.64. The summed E-state index contributed by atoms with van der Waals surface area (Å²) in [5, 5.41) is 0. The molecule has 0 saturated heterocycles. The van der Waals surface area contributed by atoms with E-state index < -0.39 is 0 Å². The normalized spacial score (nSPS) is 10.3. The van der Waals surface area contributed by atoms with Gasteiger partial charge in [-0.25, -0.2) is 0 Å². The number of Topliss-reactive ketones (excluding diaryl/α,β-unsaturated/α-hetero) is 1. The van der Waals surface area contributed by atoms with Crippen LogP contribution in [-0.2, 0) is 5.75 Å². The summed E-state index contributed by atoms with van der Waals surface area (Å²) in [5.41, 5.74) is 3.19. The van der Waals surface area contributed by atoms with E-state index in [1.165, 1.54) is 11.1 Å². The van der Waals surface area contributed by atoms with Gasteiger partial charge in [0.2, 0.25) is 0 Å². The second-order valence-electron chi connectivity index (χ2n) is 4.69. The summed E-state index contributed by atoms with van der Waals surface area (Å²) in [6.07, 6.45) is 0. The fraction of sp³-hybridized carbons (Fsp3) is 0.235. The minimum atomic E-state index is 0.113. The van der Waals surface area contributed by atoms with Crippen molar-refractivity contribution in [2.45, 2.75) is 24.5 Å². The summed E-state index contributed by atoms with van der Waals surface area (Å²) in [4.78, 5) is 12.7. The van der Waals surface area contributed by atoms with Crippen LogP contribution in [0.4, 0.5) is 0 Å². The zero-order valence-corrected chi connectivity index (χ0v) is 12.8. The number of thioether (sulfide) groups is 1. The van der Waals surface area contributed by atoms with Crippen molar-refractivity contribution in [1.82, 2.24) is 0 Å². The lowest BCUT2D eigenvalue weighted by molar-refractivity contribution is 0.101. The molecule has 0 spiro atoms. The number of aryl methyl sites for hydroxylation is 1. The van der Waals surface area contributed by atoms with Crippen molar-refractivity contribution in [3.8, 4) is 5.75 Å². The van der Waals surface area contributed by atoms with Crippen LogP contribution in [0.25, 0.3) is 0 Å². The highest BCUT2D eigenvalue weighted by Crippen LogP contribution is 2.28. The first-order valence-corrected chi connectivity index (χ1v) is 7.46. The smallest absolute Gasteiger partial charge is 0.160 e. The van der Waals surface area contributed by atoms with Crippen molar-refractivity contribution in [3.05, 3.63) is 59.2 Å². The number of ketones is 1. The van der Waals surface area contributed by atoms with Crippen LogP contribution in [0.3, 0.4) is 0 Å². The number of carbonyl (C=O) groups excluding carboxylic acids is 1. The van der Waals surface area contributed by atoms with Gasteiger partial charge in [-0.15, -0.1) is 11.8 Å². The van der Waals surface area contributed by atoms with Crippen molar-refractivity contribution in [3.63, 3.8) is 0 Å². The lowest BCUT2D eigenvalue weighted by Crippen LogP contribution is -1.96. The number of hydrogen-bond donors (Lipinski definition) is 0. The quantitative estimate of drug-likeness (QED) is 0.598. The Morgan fingerprint density at radius 3 is 2.45 bits per heavy atom. The van der Waals surface area contributed by atoms with Crippen LogP contribution in [0.1, 0.15) is 28.4 Å². The maximum absolute atomic E-state index is 11.6. The van der Waals surface area contributed by atoms with Gasteiger partial charge in [0.05, 0.1) is 7.11 Å². The first-order valence-electron chi connectivity index (χ1n) is 6.47. The van der Waals surface area contributed by atoms with Gasteiger partial charge in [0, 0.05) is 16.2 Å². The molecule has 0 bridgehead atoms. The summed E-state index contributed by atoms with van der Waals surface area (Å²) in [6, 6.07) is 14.0. The van der Waals surface area contributed by atoms with Gasteiger partial charge in [-0.05, 0) is 43.2 Å². The molecule has 0 amide bonds. The molecule has 0 aliphatic heterocycles. The van der Waals surface area contributed by atoms with Gasteiger partial charge < -0.3 is 4.74 Å². The van der Waals surface area contributed by atoms with Crippen molar-refractivity contribution < 1.29 is 9.53 Å². The topological polar surface area (TPSA) is 26.3 Å². The molecule has 0 radical (unpaired) electrons. The van der Waals surface area contributed by atoms with Crippen LogP contribution >= 0.6 is 11.8 Å². The summed E-state index contributed by atoms with van der Waals surface area (Å²) >= 11 is 1.69. The molecule has 0 aliphatic carbocycles. The second-order valence-corrected chi connectivity index (χ2v) is 5.71. The molecule has 2 aromatic carbocycles. The SMILES string of the molecule is COc1ccc(CSc2cc(C)ccc2C(C)=O)cc1. The average molecular weight is 286 g/mol. The molecule has 0 N–H and O–H groups in total. The standard InChI is InChI=1S/C17H18O2S/c1-12-4-9-16(13(2)18)17(10-12)20-11-14-5-7-15(19-3)8-6-14/h4-10H,11H2,1-3H3. The Morgan fingerprint density at radius 1 is 1.15 bits per heavy atom. The molecule has 2 aromatic rings. The predicted molar refractivity (Wildman–Crippen MR) is 83.7 cm³/mol. The van der Waals surface area contributed by atoms with Crippen molar-refractivity contribution in [2.24, 2.45) is 0 Å². The Kier molecular flexibility index (Phi) is 4.85. The average Bonchev–Trinajstić information content (AvgIpc) is 2.45. The van der Waals surface area contributed by atoms with E-state index in [1.54, 1.807) is 25.8 Å². The fourth-order valence-corrected chi connectivity index (χ4v) is 3.07. The first-order chi connectivity index (χ1) is 9.60. The monoisotopic (exact) mass is 286 g/mol.